The molecule has 0 heterocycles. The summed E-state index contributed by atoms with van der Waals surface area (Å²) in [6.07, 6.45) is 22.3. The van der Waals surface area contributed by atoms with Gasteiger partial charge in [0.2, 0.25) is 0 Å². The first-order valence-corrected chi connectivity index (χ1v) is 14.8. The number of carbonyl (C=O) groups is 2. The Labute approximate surface area is 242 Å². The monoisotopic (exact) mass is 568 g/mol. The zero-order chi connectivity index (χ0) is 27.3. The zero-order valence-corrected chi connectivity index (χ0v) is 27.8. The van der Waals surface area contributed by atoms with E-state index in [2.05, 4.69) is 52.0 Å². The maximum Gasteiger partial charge on any atom is 2.00 e. The van der Waals surface area contributed by atoms with E-state index in [0.29, 0.717) is 0 Å². The number of hydrogen-bond donors (Lipinski definition) is 0. The summed E-state index contributed by atoms with van der Waals surface area (Å²) in [6.45, 7) is 8.69. The summed E-state index contributed by atoms with van der Waals surface area (Å²) in [5.74, 6) is -1.82. The molecule has 0 bridgehead atoms. The molecule has 37 heavy (non-hydrogen) atoms. The van der Waals surface area contributed by atoms with Crippen molar-refractivity contribution in [2.45, 2.75) is 156 Å². The van der Waals surface area contributed by atoms with E-state index >= 15 is 0 Å². The molecule has 4 nitrogen and oxygen atoms in total. The fourth-order valence-corrected chi connectivity index (χ4v) is 3.82. The van der Waals surface area contributed by atoms with Crippen molar-refractivity contribution in [2.24, 2.45) is 0 Å². The quantitative estimate of drug-likeness (QED) is 0.119. The molecular weight excluding hydrogens is 514 g/mol. The first-order valence-electron chi connectivity index (χ1n) is 14.8. The van der Waals surface area contributed by atoms with Crippen LogP contribution < -0.4 is 10.2 Å². The van der Waals surface area contributed by atoms with Gasteiger partial charge in [-0.25, -0.2) is 0 Å². The van der Waals surface area contributed by atoms with Crippen molar-refractivity contribution in [1.82, 2.24) is 0 Å². The normalized spacial score (nSPS) is 9.84. The van der Waals surface area contributed by atoms with Crippen LogP contribution in [0, 0.1) is 13.8 Å². The van der Waals surface area contributed by atoms with Crippen LogP contribution in [0.3, 0.4) is 0 Å². The van der Waals surface area contributed by atoms with Crippen LogP contribution in [0.4, 0.5) is 0 Å². The van der Waals surface area contributed by atoms with E-state index in [4.69, 9.17) is 0 Å². The maximum absolute atomic E-state index is 10.1. The Morgan fingerprint density at radius 1 is 0.514 bits per heavy atom. The van der Waals surface area contributed by atoms with Gasteiger partial charge in [-0.15, -0.1) is 0 Å². The van der Waals surface area contributed by atoms with Gasteiger partial charge in [0.15, 0.2) is 0 Å². The van der Waals surface area contributed by atoms with Crippen LogP contribution in [0.5, 0.6) is 0 Å². The second-order valence-corrected chi connectivity index (χ2v) is 9.99. The molecule has 0 aliphatic rings. The smallest absolute Gasteiger partial charge is 0.550 e. The molecule has 0 saturated carbocycles. The minimum absolute atomic E-state index is 0. The fraction of sp³-hybridized carbons (Fsp3) is 0.750. The Kier molecular flexibility index (Phi) is 35.7. The van der Waals surface area contributed by atoms with Gasteiger partial charge < -0.3 is 19.8 Å². The van der Waals surface area contributed by atoms with Crippen molar-refractivity contribution in [3.8, 4) is 0 Å². The number of rotatable bonds is 20. The van der Waals surface area contributed by atoms with Gasteiger partial charge in [0.1, 0.15) is 0 Å². The van der Waals surface area contributed by atoms with Gasteiger partial charge in [0.05, 0.1) is 0 Å². The molecule has 5 heteroatoms. The van der Waals surface area contributed by atoms with E-state index in [-0.39, 0.29) is 32.3 Å². The van der Waals surface area contributed by atoms with Gasteiger partial charge in [0, 0.05) is 11.9 Å². The van der Waals surface area contributed by atoms with E-state index in [0.717, 1.165) is 25.7 Å². The number of carboxylic acid groups (broad SMARTS) is 2. The SMILES string of the molecule is CCCCCCCCCCCC(=O)[O-].CCCCCCCCCCCC(=O)[O-].Cc1ccccc1C.[Zn+2]. The number of hydrogen-bond acceptors (Lipinski definition) is 4. The summed E-state index contributed by atoms with van der Waals surface area (Å²) in [7, 11) is 0. The van der Waals surface area contributed by atoms with Crippen molar-refractivity contribution in [3.63, 3.8) is 0 Å². The van der Waals surface area contributed by atoms with Crippen molar-refractivity contribution >= 4 is 11.9 Å². The number of carboxylic acids is 2. The van der Waals surface area contributed by atoms with Crippen molar-refractivity contribution in [3.05, 3.63) is 35.4 Å². The zero-order valence-electron chi connectivity index (χ0n) is 24.8. The van der Waals surface area contributed by atoms with Gasteiger partial charge in [-0.1, -0.05) is 141 Å². The average Bonchev–Trinajstić information content (AvgIpc) is 2.84. The van der Waals surface area contributed by atoms with E-state index in [1.54, 1.807) is 0 Å². The Balaban J connectivity index is -0.000000478. The first kappa shape index (κ1) is 40.3. The minimum atomic E-state index is -0.909. The van der Waals surface area contributed by atoms with E-state index in [1.807, 2.05) is 0 Å². The number of unbranched alkanes of at least 4 members (excludes halogenated alkanes) is 16. The van der Waals surface area contributed by atoms with Crippen LogP contribution in [0.25, 0.3) is 0 Å². The second kappa shape index (κ2) is 32.8. The average molecular weight is 570 g/mol. The predicted molar refractivity (Wildman–Crippen MR) is 150 cm³/mol. The van der Waals surface area contributed by atoms with Crippen LogP contribution in [0.2, 0.25) is 0 Å². The molecule has 0 atom stereocenters. The third-order valence-corrected chi connectivity index (χ3v) is 6.39. The molecule has 0 saturated heterocycles. The molecule has 0 radical (unpaired) electrons. The maximum atomic E-state index is 10.1. The van der Waals surface area contributed by atoms with Gasteiger partial charge in [0.25, 0.3) is 0 Å². The molecule has 0 fully saturated rings. The van der Waals surface area contributed by atoms with Gasteiger partial charge >= 0.3 is 19.5 Å². The van der Waals surface area contributed by atoms with E-state index in [1.165, 1.54) is 101 Å². The second-order valence-electron chi connectivity index (χ2n) is 9.99. The molecule has 1 aromatic rings. The van der Waals surface area contributed by atoms with Crippen molar-refractivity contribution < 1.29 is 39.3 Å². The first-order chi connectivity index (χ1) is 17.3. The van der Waals surface area contributed by atoms with Gasteiger partial charge in [-0.3, -0.25) is 0 Å². The summed E-state index contributed by atoms with van der Waals surface area (Å²) in [5, 5.41) is 20.2. The Morgan fingerprint density at radius 3 is 0.973 bits per heavy atom. The van der Waals surface area contributed by atoms with Crippen LogP contribution in [-0.4, -0.2) is 11.9 Å². The van der Waals surface area contributed by atoms with Gasteiger partial charge in [-0.05, 0) is 50.7 Å². The largest absolute Gasteiger partial charge is 2.00 e. The summed E-state index contributed by atoms with van der Waals surface area (Å²) < 4.78 is 0. The molecule has 0 unspecified atom stereocenters. The predicted octanol–water partition coefficient (Wildman–Crippen LogP) is 7.62. The van der Waals surface area contributed by atoms with Crippen molar-refractivity contribution in [1.29, 1.82) is 0 Å². The molecule has 0 N–H and O–H groups in total. The Hall–Kier alpha value is -1.22. The van der Waals surface area contributed by atoms with Crippen LogP contribution >= 0.6 is 0 Å². The van der Waals surface area contributed by atoms with Crippen LogP contribution in [-0.2, 0) is 29.1 Å². The number of benzene rings is 1. The molecular formula is C32H56O4Zn. The third-order valence-electron chi connectivity index (χ3n) is 6.39. The molecule has 0 aliphatic carbocycles. The summed E-state index contributed by atoms with van der Waals surface area (Å²) in [5.41, 5.74) is 2.74. The number of aryl methyl sites for hydroxylation is 2. The molecule has 0 aliphatic heterocycles. The molecule has 0 aromatic heterocycles. The third kappa shape index (κ3) is 37.0. The molecule has 0 amide bonds. The van der Waals surface area contributed by atoms with Crippen molar-refractivity contribution in [2.75, 3.05) is 0 Å². The topological polar surface area (TPSA) is 80.3 Å². The standard InChI is InChI=1S/2C12H24O2.C8H10.Zn/c2*1-2-3-4-5-6-7-8-9-10-11-12(13)14;1-7-5-3-4-6-8(7)2;/h2*2-11H2,1H3,(H,13,14);3-6H,1-2H3;/q;;;+2/p-2. The van der Waals surface area contributed by atoms with Crippen LogP contribution in [0.15, 0.2) is 24.3 Å². The van der Waals surface area contributed by atoms with Crippen LogP contribution in [0.1, 0.15) is 153 Å². The molecule has 1 aromatic carbocycles. The van der Waals surface area contributed by atoms with E-state index in [9.17, 15) is 19.8 Å². The molecule has 1 rings (SSSR count). The summed E-state index contributed by atoms with van der Waals surface area (Å²) >= 11 is 0. The molecule has 0 spiro atoms. The number of aliphatic carboxylic acids is 2. The minimum Gasteiger partial charge on any atom is -0.550 e. The van der Waals surface area contributed by atoms with E-state index < -0.39 is 11.9 Å². The Morgan fingerprint density at radius 2 is 0.757 bits per heavy atom. The number of carbonyl (C=O) groups excluding carboxylic acids is 2. The van der Waals surface area contributed by atoms with Gasteiger partial charge in [-0.2, -0.15) is 0 Å². The Bertz CT molecular complexity index is 566. The fourth-order valence-electron chi connectivity index (χ4n) is 3.82. The summed E-state index contributed by atoms with van der Waals surface area (Å²) in [4.78, 5) is 20.2. The molecule has 210 valence electrons. The summed E-state index contributed by atoms with van der Waals surface area (Å²) in [6, 6.07) is 8.36.